The molecule has 0 saturated heterocycles. The highest BCUT2D eigenvalue weighted by Crippen LogP contribution is 2.19. The maximum Gasteiger partial charge on any atom is 0.313 e. The van der Waals surface area contributed by atoms with Gasteiger partial charge in [-0.2, -0.15) is 0 Å². The third kappa shape index (κ3) is 19.6. The number of furan rings is 1. The van der Waals surface area contributed by atoms with Crippen LogP contribution in [-0.4, -0.2) is 44.1 Å². The van der Waals surface area contributed by atoms with Crippen LogP contribution in [0.15, 0.2) is 69.9 Å². The van der Waals surface area contributed by atoms with Crippen LogP contribution in [0.4, 0.5) is 0 Å². The quantitative estimate of drug-likeness (QED) is 0.107. The van der Waals surface area contributed by atoms with Crippen LogP contribution in [0.3, 0.4) is 0 Å². The number of ether oxygens (including phenoxy) is 2. The van der Waals surface area contributed by atoms with Crippen molar-refractivity contribution < 1.29 is 28.4 Å². The first kappa shape index (κ1) is 44.3. The summed E-state index contributed by atoms with van der Waals surface area (Å²) in [6.45, 7) is 35.3. The van der Waals surface area contributed by atoms with Crippen molar-refractivity contribution in [1.29, 1.82) is 0 Å². The van der Waals surface area contributed by atoms with Gasteiger partial charge in [0.25, 0.3) is 0 Å². The van der Waals surface area contributed by atoms with Gasteiger partial charge in [-0.1, -0.05) is 73.2 Å². The highest BCUT2D eigenvalue weighted by Gasteiger charge is 2.12. The summed E-state index contributed by atoms with van der Waals surface area (Å²) < 4.78 is 16.6. The fourth-order valence-electron chi connectivity index (χ4n) is 3.58. The molecule has 0 aliphatic heterocycles. The molecule has 246 valence electrons. The summed E-state index contributed by atoms with van der Waals surface area (Å²) in [5, 5.41) is 1.01. The van der Waals surface area contributed by atoms with Crippen molar-refractivity contribution in [3.8, 4) is 0 Å². The summed E-state index contributed by atoms with van der Waals surface area (Å²) in [5.74, 6) is 1.30. The third-order valence-electron chi connectivity index (χ3n) is 6.14. The summed E-state index contributed by atoms with van der Waals surface area (Å²) in [6, 6.07) is 9.58. The van der Waals surface area contributed by atoms with E-state index in [1.165, 1.54) is 4.90 Å². The Bertz CT molecular complexity index is 1060. The van der Waals surface area contributed by atoms with Crippen molar-refractivity contribution in [2.45, 2.75) is 116 Å². The lowest BCUT2D eigenvalue weighted by atomic mass is 10.1. The zero-order valence-electron chi connectivity index (χ0n) is 30.0. The first-order valence-electron chi connectivity index (χ1n) is 16.2. The molecule has 1 aromatic carbocycles. The van der Waals surface area contributed by atoms with Crippen molar-refractivity contribution >= 4 is 22.7 Å². The molecule has 1 unspecified atom stereocenters. The van der Waals surface area contributed by atoms with Gasteiger partial charge < -0.3 is 18.8 Å². The number of benzene rings is 1. The molecule has 2 rings (SSSR count). The summed E-state index contributed by atoms with van der Waals surface area (Å²) >= 11 is 0. The van der Waals surface area contributed by atoms with Gasteiger partial charge >= 0.3 is 5.97 Å². The molecule has 1 atom stereocenters. The number of rotatable bonds is 13. The number of hydrogen-bond acceptors (Lipinski definition) is 5. The first-order valence-corrected chi connectivity index (χ1v) is 16.2. The fraction of sp³-hybridized carbons (Fsp3) is 0.568. The molecule has 0 bridgehead atoms. The average molecular weight is 603 g/mol. The third-order valence-corrected chi connectivity index (χ3v) is 6.14. The molecule has 0 radical (unpaired) electrons. The molecule has 0 amide bonds. The minimum absolute atomic E-state index is 0.0353. The first-order chi connectivity index (χ1) is 20.5. The lowest BCUT2D eigenvalue weighted by molar-refractivity contribution is -0.896. The average Bonchev–Trinajstić information content (AvgIpc) is 3.42. The molecule has 0 aliphatic carbocycles. The molecule has 2 aromatic rings. The van der Waals surface area contributed by atoms with E-state index in [0.717, 1.165) is 59.5 Å². The van der Waals surface area contributed by atoms with Crippen LogP contribution < -0.4 is 4.90 Å². The molecular weight excluding hydrogens is 538 g/mol. The molecular formula is C37H64NO5+. The molecule has 1 N–H and O–H groups in total. The number of esters is 1. The van der Waals surface area contributed by atoms with E-state index in [4.69, 9.17) is 13.9 Å². The number of allylic oxidation sites excluding steroid dienone is 4. The fourth-order valence-corrected chi connectivity index (χ4v) is 3.58. The van der Waals surface area contributed by atoms with Gasteiger partial charge in [-0.05, 0) is 89.8 Å². The summed E-state index contributed by atoms with van der Waals surface area (Å²) in [6.07, 6.45) is 2.86. The Morgan fingerprint density at radius 1 is 0.953 bits per heavy atom. The number of fused-ring (bicyclic) bond motifs is 1. The normalized spacial score (nSPS) is 11.6. The Morgan fingerprint density at radius 2 is 1.51 bits per heavy atom. The van der Waals surface area contributed by atoms with E-state index in [0.29, 0.717) is 12.4 Å². The number of carbonyl (C=O) groups excluding carboxylic acids is 2. The van der Waals surface area contributed by atoms with Gasteiger partial charge in [0.1, 0.15) is 36.7 Å². The van der Waals surface area contributed by atoms with E-state index in [9.17, 15) is 9.59 Å². The van der Waals surface area contributed by atoms with Gasteiger partial charge in [-0.3, -0.25) is 9.59 Å². The largest absolute Gasteiger partial charge is 0.487 e. The minimum atomic E-state index is -0.238. The molecule has 6 heteroatoms. The maximum atomic E-state index is 11.6. The van der Waals surface area contributed by atoms with Crippen molar-refractivity contribution in [3.05, 3.63) is 71.2 Å². The van der Waals surface area contributed by atoms with Gasteiger partial charge in [-0.15, -0.1) is 0 Å². The van der Waals surface area contributed by atoms with Crippen molar-refractivity contribution in [3.63, 3.8) is 0 Å². The van der Waals surface area contributed by atoms with E-state index < -0.39 is 0 Å². The molecule has 43 heavy (non-hydrogen) atoms. The van der Waals surface area contributed by atoms with E-state index in [2.05, 4.69) is 20.4 Å². The van der Waals surface area contributed by atoms with E-state index in [1.54, 1.807) is 6.92 Å². The molecule has 6 nitrogen and oxygen atoms in total. The second-order valence-corrected chi connectivity index (χ2v) is 9.37. The minimum Gasteiger partial charge on any atom is -0.487 e. The van der Waals surface area contributed by atoms with E-state index in [1.807, 2.05) is 113 Å². The standard InChI is InChI=1S/C17H29NO2.C14H16O3.3C2H6/c1-8-18(9-2)10-11-20-17(13(3)4)15(6)12-14(5)16(7)19;1-3-10(2)16-14(15)9-12-8-11-6-4-5-7-13(11)17-12;3*1-2/h12H,3,8-11H2,1-2,4-7H3;4-8,10H,3,9H2,1-2H3;3*1-2H3/p+1/b14-12+,17-15+;;;;. The van der Waals surface area contributed by atoms with Gasteiger partial charge in [0.15, 0.2) is 5.78 Å². The SMILES string of the molecule is C=C(C)/C(OCC[NH+](CC)CC)=C(C)\C=C(/C)C(C)=O.CC.CC.CC.CCC(C)OC(=O)Cc1cc2ccccc2o1. The summed E-state index contributed by atoms with van der Waals surface area (Å²) in [7, 11) is 0. The number of hydrogen-bond donors (Lipinski definition) is 1. The Kier molecular flexibility index (Phi) is 28.5. The van der Waals surface area contributed by atoms with E-state index in [-0.39, 0.29) is 24.3 Å². The Balaban J connectivity index is -0.000000637. The van der Waals surface area contributed by atoms with Gasteiger partial charge in [0, 0.05) is 5.39 Å². The predicted octanol–water partition coefficient (Wildman–Crippen LogP) is 8.71. The molecule has 1 aromatic heterocycles. The number of Topliss-reactive ketones (excluding diaryl/α,β-unsaturated/α-hetero) is 1. The molecule has 0 fully saturated rings. The van der Waals surface area contributed by atoms with Crippen molar-refractivity contribution in [2.75, 3.05) is 26.2 Å². The van der Waals surface area contributed by atoms with Crippen LogP contribution in [0.2, 0.25) is 0 Å². The molecule has 0 saturated carbocycles. The second kappa shape index (κ2) is 27.7. The number of likely N-dealkylation sites (N-methyl/N-ethyl adjacent to an activating group) is 1. The van der Waals surface area contributed by atoms with Crippen molar-refractivity contribution in [1.82, 2.24) is 0 Å². The van der Waals surface area contributed by atoms with Crippen LogP contribution in [0, 0.1) is 0 Å². The predicted molar refractivity (Wildman–Crippen MR) is 185 cm³/mol. The zero-order valence-corrected chi connectivity index (χ0v) is 30.0. The zero-order chi connectivity index (χ0) is 34.0. The number of para-hydroxylation sites is 1. The highest BCUT2D eigenvalue weighted by atomic mass is 16.5. The van der Waals surface area contributed by atoms with Gasteiger partial charge in [-0.25, -0.2) is 0 Å². The van der Waals surface area contributed by atoms with Crippen LogP contribution in [0.1, 0.15) is 109 Å². The van der Waals surface area contributed by atoms with Gasteiger partial charge in [0.2, 0.25) is 0 Å². The number of nitrogens with one attached hydrogen (secondary N) is 1. The molecule has 1 heterocycles. The maximum absolute atomic E-state index is 11.6. The van der Waals surface area contributed by atoms with Crippen molar-refractivity contribution in [2.24, 2.45) is 0 Å². The number of carbonyl (C=O) groups is 2. The molecule has 0 spiro atoms. The Labute approximate surface area is 264 Å². The molecule has 0 aliphatic rings. The number of quaternary nitrogens is 1. The second-order valence-electron chi connectivity index (χ2n) is 9.37. The van der Waals surface area contributed by atoms with Crippen LogP contribution in [-0.2, 0) is 25.5 Å². The summed E-state index contributed by atoms with van der Waals surface area (Å²) in [4.78, 5) is 24.4. The lowest BCUT2D eigenvalue weighted by Crippen LogP contribution is -3.11. The summed E-state index contributed by atoms with van der Waals surface area (Å²) in [5.41, 5.74) is 3.39. The Hall–Kier alpha value is -3.12. The van der Waals surface area contributed by atoms with Gasteiger partial charge in [0.05, 0.1) is 19.2 Å². The monoisotopic (exact) mass is 602 g/mol. The topological polar surface area (TPSA) is 70.2 Å². The lowest BCUT2D eigenvalue weighted by Gasteiger charge is -2.18. The number of ketones is 1. The Morgan fingerprint density at radius 3 is 1.98 bits per heavy atom. The highest BCUT2D eigenvalue weighted by molar-refractivity contribution is 5.93. The van der Waals surface area contributed by atoms with Crippen LogP contribution >= 0.6 is 0 Å². The smallest absolute Gasteiger partial charge is 0.313 e. The van der Waals surface area contributed by atoms with Crippen LogP contribution in [0.5, 0.6) is 0 Å². The van der Waals surface area contributed by atoms with E-state index >= 15 is 0 Å². The van der Waals surface area contributed by atoms with Crippen LogP contribution in [0.25, 0.3) is 11.0 Å².